The molecule has 1 fully saturated rings. The Labute approximate surface area is 222 Å². The van der Waals surface area contributed by atoms with Crippen LogP contribution in [0.5, 0.6) is 5.75 Å². The second kappa shape index (κ2) is 9.94. The van der Waals surface area contributed by atoms with E-state index < -0.39 is 5.41 Å². The van der Waals surface area contributed by atoms with E-state index in [4.69, 9.17) is 0 Å². The van der Waals surface area contributed by atoms with Crippen molar-refractivity contribution in [1.82, 2.24) is 15.1 Å². The van der Waals surface area contributed by atoms with Crippen molar-refractivity contribution in [3.05, 3.63) is 28.8 Å². The summed E-state index contributed by atoms with van der Waals surface area (Å²) in [6.45, 7) is 33.4. The highest BCUT2D eigenvalue weighted by Crippen LogP contribution is 2.42. The van der Waals surface area contributed by atoms with Gasteiger partial charge in [0.25, 0.3) is 0 Å². The summed E-state index contributed by atoms with van der Waals surface area (Å²) in [7, 11) is 0. The highest BCUT2D eigenvalue weighted by atomic mass is 16.3. The minimum Gasteiger partial charge on any atom is -0.507 e. The number of phenols is 1. The number of rotatable bonds is 6. The zero-order chi connectivity index (χ0) is 28.1. The molecular formula is C31H55N3O2. The lowest BCUT2D eigenvalue weighted by atomic mass is 9.73. The predicted molar refractivity (Wildman–Crippen MR) is 153 cm³/mol. The third-order valence-corrected chi connectivity index (χ3v) is 7.44. The first-order chi connectivity index (χ1) is 16.0. The Bertz CT molecular complexity index is 895. The van der Waals surface area contributed by atoms with Gasteiger partial charge < -0.3 is 15.3 Å². The molecule has 1 aliphatic heterocycles. The maximum atomic E-state index is 14.2. The Morgan fingerprint density at radius 1 is 0.944 bits per heavy atom. The third-order valence-electron chi connectivity index (χ3n) is 7.44. The first-order valence-corrected chi connectivity index (χ1v) is 13.7. The van der Waals surface area contributed by atoms with E-state index in [9.17, 15) is 9.90 Å². The van der Waals surface area contributed by atoms with E-state index in [1.807, 2.05) is 18.7 Å². The number of piperazine rings is 1. The summed E-state index contributed by atoms with van der Waals surface area (Å²) >= 11 is 0. The SMILES string of the molecule is CC(C)N(CCN1CC(C)(C)NC(C)(C)C1)C(=O)C(C)(C)c1cc(C(C)(C)C)c(O)c(C(C)(C)C)c1. The molecule has 1 aliphatic rings. The van der Waals surface area contributed by atoms with Crippen molar-refractivity contribution in [2.24, 2.45) is 0 Å². The van der Waals surface area contributed by atoms with Crippen molar-refractivity contribution in [1.29, 1.82) is 0 Å². The summed E-state index contributed by atoms with van der Waals surface area (Å²) in [5.74, 6) is 0.489. The van der Waals surface area contributed by atoms with Crippen molar-refractivity contribution in [2.45, 2.75) is 130 Å². The van der Waals surface area contributed by atoms with Gasteiger partial charge in [-0.3, -0.25) is 9.69 Å². The molecule has 2 rings (SSSR count). The van der Waals surface area contributed by atoms with E-state index in [2.05, 4.69) is 105 Å². The summed E-state index contributed by atoms with van der Waals surface area (Å²) in [5, 5.41) is 14.9. The Kier molecular flexibility index (Phi) is 8.46. The van der Waals surface area contributed by atoms with Crippen LogP contribution in [0, 0.1) is 0 Å². The molecule has 206 valence electrons. The van der Waals surface area contributed by atoms with E-state index in [0.29, 0.717) is 12.3 Å². The molecule has 1 heterocycles. The quantitative estimate of drug-likeness (QED) is 0.505. The van der Waals surface area contributed by atoms with Gasteiger partial charge >= 0.3 is 0 Å². The Hall–Kier alpha value is -1.59. The molecule has 0 bridgehead atoms. The zero-order valence-corrected chi connectivity index (χ0v) is 25.8. The van der Waals surface area contributed by atoms with Gasteiger partial charge in [-0.15, -0.1) is 0 Å². The van der Waals surface area contributed by atoms with Crippen LogP contribution in [0.15, 0.2) is 12.1 Å². The number of nitrogens with one attached hydrogen (secondary N) is 1. The van der Waals surface area contributed by atoms with E-state index in [-0.39, 0.29) is 33.9 Å². The zero-order valence-electron chi connectivity index (χ0n) is 25.8. The van der Waals surface area contributed by atoms with Gasteiger partial charge in [0.2, 0.25) is 5.91 Å². The molecule has 0 atom stereocenters. The first kappa shape index (κ1) is 30.6. The molecule has 1 aromatic carbocycles. The summed E-state index contributed by atoms with van der Waals surface area (Å²) in [6, 6.07) is 4.21. The van der Waals surface area contributed by atoms with Crippen LogP contribution in [0.1, 0.15) is 114 Å². The molecule has 1 aromatic rings. The molecule has 2 N–H and O–H groups in total. The van der Waals surface area contributed by atoms with Gasteiger partial charge in [0.15, 0.2) is 0 Å². The van der Waals surface area contributed by atoms with Crippen molar-refractivity contribution >= 4 is 5.91 Å². The fourth-order valence-corrected chi connectivity index (χ4v) is 5.79. The molecule has 0 spiro atoms. The number of carbonyl (C=O) groups excluding carboxylic acids is 1. The largest absolute Gasteiger partial charge is 0.507 e. The molecule has 5 heteroatoms. The molecule has 0 aromatic heterocycles. The predicted octanol–water partition coefficient (Wildman–Crippen LogP) is 5.96. The molecule has 1 saturated heterocycles. The van der Waals surface area contributed by atoms with Crippen LogP contribution < -0.4 is 5.32 Å². The topological polar surface area (TPSA) is 55.8 Å². The first-order valence-electron chi connectivity index (χ1n) is 13.7. The van der Waals surface area contributed by atoms with E-state index >= 15 is 0 Å². The van der Waals surface area contributed by atoms with Gasteiger partial charge in [-0.25, -0.2) is 0 Å². The average molecular weight is 502 g/mol. The van der Waals surface area contributed by atoms with Crippen LogP contribution in [0.3, 0.4) is 0 Å². The molecule has 0 aliphatic carbocycles. The van der Waals surface area contributed by atoms with Crippen molar-refractivity contribution in [2.75, 3.05) is 26.2 Å². The number of benzene rings is 1. The molecule has 36 heavy (non-hydrogen) atoms. The average Bonchev–Trinajstić information content (AvgIpc) is 2.63. The third kappa shape index (κ3) is 7.04. The number of hydrogen-bond donors (Lipinski definition) is 2. The van der Waals surface area contributed by atoms with Gasteiger partial charge in [0.1, 0.15) is 5.75 Å². The Balaban J connectivity index is 2.42. The second-order valence-electron chi connectivity index (χ2n) is 15.2. The number of nitrogens with zero attached hydrogens (tertiary/aromatic N) is 2. The summed E-state index contributed by atoms with van der Waals surface area (Å²) in [6.07, 6.45) is 0. The maximum Gasteiger partial charge on any atom is 0.232 e. The minimum atomic E-state index is -0.722. The summed E-state index contributed by atoms with van der Waals surface area (Å²) in [5.41, 5.74) is 1.63. The highest BCUT2D eigenvalue weighted by Gasteiger charge is 2.39. The molecule has 0 saturated carbocycles. The fraction of sp³-hybridized carbons (Fsp3) is 0.774. The van der Waals surface area contributed by atoms with Crippen LogP contribution in [0.2, 0.25) is 0 Å². The molecule has 0 radical (unpaired) electrons. The lowest BCUT2D eigenvalue weighted by Gasteiger charge is -2.49. The van der Waals surface area contributed by atoms with E-state index in [0.717, 1.165) is 36.3 Å². The number of phenolic OH excluding ortho intramolecular Hbond substituents is 1. The monoisotopic (exact) mass is 501 g/mol. The van der Waals surface area contributed by atoms with Gasteiger partial charge in [0.05, 0.1) is 5.41 Å². The Morgan fingerprint density at radius 3 is 1.72 bits per heavy atom. The molecule has 0 unspecified atom stereocenters. The minimum absolute atomic E-state index is 0.0342. The van der Waals surface area contributed by atoms with Crippen molar-refractivity contribution < 1.29 is 9.90 Å². The number of carbonyl (C=O) groups is 1. The normalized spacial score (nSPS) is 19.0. The highest BCUT2D eigenvalue weighted by molar-refractivity contribution is 5.88. The second-order valence-corrected chi connectivity index (χ2v) is 15.2. The van der Waals surface area contributed by atoms with Gasteiger partial charge in [-0.2, -0.15) is 0 Å². The molecule has 1 amide bonds. The standard InChI is InChI=1S/C31H55N3O2/c1-21(2)34(16-15-33-19-29(9,10)32-30(11,12)20-33)26(36)31(13,14)22-17-23(27(3,4)5)25(35)24(18-22)28(6,7)8/h17-18,21,32,35H,15-16,19-20H2,1-14H3. The van der Waals surface area contributed by atoms with Crippen LogP contribution in [-0.4, -0.2) is 64.1 Å². The van der Waals surface area contributed by atoms with Gasteiger partial charge in [-0.1, -0.05) is 53.7 Å². The van der Waals surface area contributed by atoms with Crippen molar-refractivity contribution in [3.63, 3.8) is 0 Å². The maximum absolute atomic E-state index is 14.2. The molecule has 5 nitrogen and oxygen atoms in total. The number of hydrogen-bond acceptors (Lipinski definition) is 4. The smallest absolute Gasteiger partial charge is 0.232 e. The van der Waals surface area contributed by atoms with Crippen LogP contribution >= 0.6 is 0 Å². The lowest BCUT2D eigenvalue weighted by molar-refractivity contribution is -0.138. The number of amides is 1. The van der Waals surface area contributed by atoms with E-state index in [1.165, 1.54) is 0 Å². The van der Waals surface area contributed by atoms with Crippen LogP contribution in [0.4, 0.5) is 0 Å². The summed E-state index contributed by atoms with van der Waals surface area (Å²) in [4.78, 5) is 18.7. The van der Waals surface area contributed by atoms with Gasteiger partial charge in [-0.05, 0) is 82.9 Å². The van der Waals surface area contributed by atoms with E-state index in [1.54, 1.807) is 0 Å². The lowest BCUT2D eigenvalue weighted by Crippen LogP contribution is -2.67. The Morgan fingerprint density at radius 2 is 1.36 bits per heavy atom. The van der Waals surface area contributed by atoms with Gasteiger partial charge in [0, 0.05) is 43.3 Å². The van der Waals surface area contributed by atoms with Crippen LogP contribution in [-0.2, 0) is 21.0 Å². The number of aromatic hydroxyl groups is 1. The molecular weight excluding hydrogens is 446 g/mol. The van der Waals surface area contributed by atoms with Crippen molar-refractivity contribution in [3.8, 4) is 5.75 Å². The summed E-state index contributed by atoms with van der Waals surface area (Å²) < 4.78 is 0. The van der Waals surface area contributed by atoms with Crippen LogP contribution in [0.25, 0.3) is 0 Å². The fourth-order valence-electron chi connectivity index (χ4n) is 5.79.